The van der Waals surface area contributed by atoms with Gasteiger partial charge in [-0.25, -0.2) is 15.0 Å². The molecular weight excluding hydrogens is 354 g/mol. The average Bonchev–Trinajstić information content (AvgIpc) is 2.73. The lowest BCUT2D eigenvalue weighted by molar-refractivity contribution is 0.0727. The van der Waals surface area contributed by atoms with E-state index in [1.54, 1.807) is 18.3 Å². The van der Waals surface area contributed by atoms with Crippen LogP contribution in [0.5, 0.6) is 5.88 Å². The van der Waals surface area contributed by atoms with Crippen LogP contribution in [0.3, 0.4) is 0 Å². The molecule has 7 nitrogen and oxygen atoms in total. The fourth-order valence-electron chi connectivity index (χ4n) is 4.04. The molecule has 0 saturated carbocycles. The molecule has 1 fully saturated rings. The highest BCUT2D eigenvalue weighted by molar-refractivity contribution is 5.96. The van der Waals surface area contributed by atoms with Crippen molar-refractivity contribution in [1.82, 2.24) is 24.8 Å². The average molecular weight is 381 g/mol. The number of carbonyl (C=O) groups excluding carboxylic acids is 1. The number of piperidine rings is 1. The molecule has 28 heavy (non-hydrogen) atoms. The Labute approximate surface area is 165 Å². The summed E-state index contributed by atoms with van der Waals surface area (Å²) in [7, 11) is 2.15. The van der Waals surface area contributed by atoms with Gasteiger partial charge in [-0.15, -0.1) is 0 Å². The van der Waals surface area contributed by atoms with Crippen molar-refractivity contribution in [3.8, 4) is 5.88 Å². The minimum absolute atomic E-state index is 0.0571. The molecule has 0 unspecified atom stereocenters. The highest BCUT2D eigenvalue weighted by atomic mass is 16.5. The summed E-state index contributed by atoms with van der Waals surface area (Å²) in [5.74, 6) is 1.26. The molecule has 0 bridgehead atoms. The van der Waals surface area contributed by atoms with E-state index in [2.05, 4.69) is 21.9 Å². The summed E-state index contributed by atoms with van der Waals surface area (Å²) in [6.45, 7) is 4.63. The summed E-state index contributed by atoms with van der Waals surface area (Å²) in [6.07, 6.45) is 7.88. The maximum Gasteiger partial charge on any atom is 0.259 e. The Morgan fingerprint density at radius 2 is 2.18 bits per heavy atom. The van der Waals surface area contributed by atoms with Gasteiger partial charge < -0.3 is 9.64 Å². The van der Waals surface area contributed by atoms with Crippen LogP contribution in [0, 0.1) is 0 Å². The molecular formula is C21H27N5O2. The van der Waals surface area contributed by atoms with Gasteiger partial charge in [-0.3, -0.25) is 9.69 Å². The van der Waals surface area contributed by atoms with E-state index in [0.29, 0.717) is 37.2 Å². The summed E-state index contributed by atoms with van der Waals surface area (Å²) in [5.41, 5.74) is 2.61. The van der Waals surface area contributed by atoms with Crippen molar-refractivity contribution >= 4 is 5.91 Å². The van der Waals surface area contributed by atoms with Crippen LogP contribution in [0.2, 0.25) is 0 Å². The first-order valence-electron chi connectivity index (χ1n) is 10.1. The van der Waals surface area contributed by atoms with Gasteiger partial charge in [0.05, 0.1) is 18.3 Å². The zero-order valence-electron chi connectivity index (χ0n) is 16.6. The summed E-state index contributed by atoms with van der Waals surface area (Å²) in [4.78, 5) is 30.9. The highest BCUT2D eigenvalue weighted by Gasteiger charge is 2.28. The van der Waals surface area contributed by atoms with Crippen molar-refractivity contribution in [2.24, 2.45) is 0 Å². The molecule has 0 N–H and O–H groups in total. The lowest BCUT2D eigenvalue weighted by atomic mass is 10.0. The van der Waals surface area contributed by atoms with Gasteiger partial charge in [-0.1, -0.05) is 6.42 Å². The van der Waals surface area contributed by atoms with Crippen LogP contribution in [0.4, 0.5) is 0 Å². The standard InChI is InChI=1S/C21H27N5O2/c1-3-28-20-16(7-6-10-22-20)21(27)26-12-9-17-15(14-26)13-23-19(24-17)18-8-4-5-11-25(18)2/h6-7,10,13,18H,3-5,8-9,11-12,14H2,1-2H3/t18-/m1/s1. The first-order valence-corrected chi connectivity index (χ1v) is 10.1. The zero-order chi connectivity index (χ0) is 19.5. The summed E-state index contributed by atoms with van der Waals surface area (Å²) in [5, 5.41) is 0. The number of hydrogen-bond acceptors (Lipinski definition) is 6. The van der Waals surface area contributed by atoms with Crippen molar-refractivity contribution in [2.75, 3.05) is 26.7 Å². The molecule has 2 aromatic heterocycles. The van der Waals surface area contributed by atoms with Gasteiger partial charge in [-0.05, 0) is 45.5 Å². The third-order valence-electron chi connectivity index (χ3n) is 5.59. The number of amides is 1. The largest absolute Gasteiger partial charge is 0.477 e. The third-order valence-corrected chi connectivity index (χ3v) is 5.59. The van der Waals surface area contributed by atoms with Crippen molar-refractivity contribution in [2.45, 2.75) is 45.2 Å². The smallest absolute Gasteiger partial charge is 0.259 e. The van der Waals surface area contributed by atoms with Crippen molar-refractivity contribution in [3.05, 3.63) is 47.2 Å². The fourth-order valence-corrected chi connectivity index (χ4v) is 4.04. The SMILES string of the molecule is CCOc1ncccc1C(=O)N1CCc2nc([C@H]3CCCCN3C)ncc2C1. The van der Waals surface area contributed by atoms with E-state index in [0.717, 1.165) is 36.5 Å². The molecule has 148 valence electrons. The van der Waals surface area contributed by atoms with Gasteiger partial charge in [0.2, 0.25) is 5.88 Å². The van der Waals surface area contributed by atoms with Gasteiger partial charge in [0.25, 0.3) is 5.91 Å². The molecule has 2 aliphatic rings. The lowest BCUT2D eigenvalue weighted by Gasteiger charge is -2.33. The third kappa shape index (κ3) is 3.71. The zero-order valence-corrected chi connectivity index (χ0v) is 16.6. The van der Waals surface area contributed by atoms with E-state index in [4.69, 9.17) is 9.72 Å². The second-order valence-corrected chi connectivity index (χ2v) is 7.46. The Balaban J connectivity index is 1.52. The van der Waals surface area contributed by atoms with Gasteiger partial charge in [0.1, 0.15) is 11.4 Å². The van der Waals surface area contributed by atoms with Gasteiger partial charge in [0.15, 0.2) is 0 Å². The minimum Gasteiger partial charge on any atom is -0.477 e. The van der Waals surface area contributed by atoms with E-state index in [9.17, 15) is 4.79 Å². The highest BCUT2D eigenvalue weighted by Crippen LogP contribution is 2.29. The second-order valence-electron chi connectivity index (χ2n) is 7.46. The van der Waals surface area contributed by atoms with E-state index >= 15 is 0 Å². The van der Waals surface area contributed by atoms with Crippen LogP contribution in [0.15, 0.2) is 24.5 Å². The number of hydrogen-bond donors (Lipinski definition) is 0. The van der Waals surface area contributed by atoms with Crippen LogP contribution in [0.1, 0.15) is 59.7 Å². The predicted molar refractivity (Wildman–Crippen MR) is 105 cm³/mol. The topological polar surface area (TPSA) is 71.5 Å². The molecule has 2 aliphatic heterocycles. The quantitative estimate of drug-likeness (QED) is 0.811. The number of nitrogens with zero attached hydrogens (tertiary/aromatic N) is 5. The molecule has 4 heterocycles. The predicted octanol–water partition coefficient (Wildman–Crippen LogP) is 2.63. The van der Waals surface area contributed by atoms with Crippen LogP contribution in [-0.2, 0) is 13.0 Å². The number of pyridine rings is 1. The molecule has 1 saturated heterocycles. The molecule has 2 aromatic rings. The molecule has 0 radical (unpaired) electrons. The molecule has 1 amide bonds. The van der Waals surface area contributed by atoms with Gasteiger partial charge in [-0.2, -0.15) is 0 Å². The van der Waals surface area contributed by atoms with Gasteiger partial charge >= 0.3 is 0 Å². The maximum atomic E-state index is 13.0. The van der Waals surface area contributed by atoms with E-state index in [1.165, 1.54) is 12.8 Å². The Kier molecular flexibility index (Phi) is 5.52. The normalized spacial score (nSPS) is 19.9. The number of fused-ring (bicyclic) bond motifs is 1. The minimum atomic E-state index is -0.0571. The monoisotopic (exact) mass is 381 g/mol. The van der Waals surface area contributed by atoms with E-state index < -0.39 is 0 Å². The molecule has 0 spiro atoms. The number of likely N-dealkylation sites (tertiary alicyclic amines) is 1. The number of ether oxygens (including phenoxy) is 1. The lowest BCUT2D eigenvalue weighted by Crippen LogP contribution is -2.37. The number of carbonyl (C=O) groups is 1. The summed E-state index contributed by atoms with van der Waals surface area (Å²) in [6, 6.07) is 3.85. The Morgan fingerprint density at radius 1 is 1.29 bits per heavy atom. The van der Waals surface area contributed by atoms with Gasteiger partial charge in [0, 0.05) is 37.5 Å². The Bertz CT molecular complexity index is 856. The first-order chi connectivity index (χ1) is 13.7. The summed E-state index contributed by atoms with van der Waals surface area (Å²) < 4.78 is 5.52. The Morgan fingerprint density at radius 3 is 3.00 bits per heavy atom. The summed E-state index contributed by atoms with van der Waals surface area (Å²) >= 11 is 0. The Hall–Kier alpha value is -2.54. The second kappa shape index (κ2) is 8.22. The van der Waals surface area contributed by atoms with Crippen LogP contribution >= 0.6 is 0 Å². The van der Waals surface area contributed by atoms with Crippen LogP contribution in [-0.4, -0.2) is 57.4 Å². The number of rotatable bonds is 4. The maximum absolute atomic E-state index is 13.0. The molecule has 0 aliphatic carbocycles. The molecule has 0 aromatic carbocycles. The van der Waals surface area contributed by atoms with Crippen molar-refractivity contribution in [1.29, 1.82) is 0 Å². The van der Waals surface area contributed by atoms with Crippen LogP contribution < -0.4 is 4.74 Å². The van der Waals surface area contributed by atoms with E-state index in [1.807, 2.05) is 18.0 Å². The van der Waals surface area contributed by atoms with Crippen molar-refractivity contribution in [3.63, 3.8) is 0 Å². The number of aromatic nitrogens is 3. The van der Waals surface area contributed by atoms with Crippen molar-refractivity contribution < 1.29 is 9.53 Å². The molecule has 1 atom stereocenters. The van der Waals surface area contributed by atoms with E-state index in [-0.39, 0.29) is 5.91 Å². The molecule has 7 heteroatoms. The first kappa shape index (κ1) is 18.8. The van der Waals surface area contributed by atoms with Crippen LogP contribution in [0.25, 0.3) is 0 Å². The fraction of sp³-hybridized carbons (Fsp3) is 0.524. The molecule has 4 rings (SSSR count).